The molecule has 0 saturated heterocycles. The van der Waals surface area contributed by atoms with Crippen molar-refractivity contribution >= 4 is 32.7 Å². The van der Waals surface area contributed by atoms with Crippen molar-refractivity contribution in [2.24, 2.45) is 0 Å². The molecule has 0 spiro atoms. The molecule has 1 aromatic carbocycles. The first kappa shape index (κ1) is 11.8. The molecule has 0 aliphatic heterocycles. The van der Waals surface area contributed by atoms with Gasteiger partial charge in [-0.3, -0.25) is 9.78 Å². The summed E-state index contributed by atoms with van der Waals surface area (Å²) in [4.78, 5) is 16.2. The molecule has 0 aliphatic carbocycles. The molecule has 4 heteroatoms. The number of para-hydroxylation sites is 1. The van der Waals surface area contributed by atoms with E-state index >= 15 is 0 Å². The number of pyridine rings is 1. The molecular weight excluding hydrogens is 280 g/mol. The zero-order valence-corrected chi connectivity index (χ0v) is 10.7. The van der Waals surface area contributed by atoms with Crippen LogP contribution < -0.4 is 5.32 Å². The minimum absolute atomic E-state index is 0.144. The van der Waals surface area contributed by atoms with Crippen molar-refractivity contribution in [3.8, 4) is 0 Å². The molecule has 0 radical (unpaired) electrons. The molecular formula is C13H11BrN2O. The Morgan fingerprint density at radius 1 is 1.35 bits per heavy atom. The van der Waals surface area contributed by atoms with Crippen LogP contribution in [-0.4, -0.2) is 17.4 Å². The van der Waals surface area contributed by atoms with Crippen molar-refractivity contribution in [2.75, 3.05) is 6.54 Å². The fraction of sp³-hybridized carbons (Fsp3) is 0.0769. The van der Waals surface area contributed by atoms with Crippen LogP contribution in [0.5, 0.6) is 0 Å². The standard InChI is InChI=1S/C13H11BrN2O/c1-9(14)8-16-13(17)11-6-2-4-10-5-3-7-15-12(10)11/h2-7H,1,8H2,(H,16,17). The van der Waals surface area contributed by atoms with Gasteiger partial charge in [0.25, 0.3) is 5.91 Å². The lowest BCUT2D eigenvalue weighted by Crippen LogP contribution is -2.24. The van der Waals surface area contributed by atoms with Gasteiger partial charge in [-0.2, -0.15) is 0 Å². The normalized spacial score (nSPS) is 10.2. The van der Waals surface area contributed by atoms with Gasteiger partial charge in [0.05, 0.1) is 11.1 Å². The van der Waals surface area contributed by atoms with Crippen LogP contribution >= 0.6 is 15.9 Å². The molecule has 0 fully saturated rings. The van der Waals surface area contributed by atoms with Crippen LogP contribution in [-0.2, 0) is 0 Å². The lowest BCUT2D eigenvalue weighted by atomic mass is 10.1. The van der Waals surface area contributed by atoms with Crippen molar-refractivity contribution in [1.29, 1.82) is 0 Å². The van der Waals surface area contributed by atoms with Crippen LogP contribution in [0.2, 0.25) is 0 Å². The Morgan fingerprint density at radius 3 is 2.88 bits per heavy atom. The lowest BCUT2D eigenvalue weighted by molar-refractivity contribution is 0.0959. The third-order valence-corrected chi connectivity index (χ3v) is 2.60. The Kier molecular flexibility index (Phi) is 3.54. The second-order valence-corrected chi connectivity index (χ2v) is 4.70. The number of amides is 1. The maximum Gasteiger partial charge on any atom is 0.253 e. The van der Waals surface area contributed by atoms with E-state index in [1.54, 1.807) is 12.3 Å². The highest BCUT2D eigenvalue weighted by Crippen LogP contribution is 2.15. The van der Waals surface area contributed by atoms with Gasteiger partial charge in [0.2, 0.25) is 0 Å². The molecule has 3 nitrogen and oxygen atoms in total. The summed E-state index contributed by atoms with van der Waals surface area (Å²) in [7, 11) is 0. The number of nitrogens with zero attached hydrogens (tertiary/aromatic N) is 1. The first-order valence-electron chi connectivity index (χ1n) is 5.13. The number of aromatic nitrogens is 1. The van der Waals surface area contributed by atoms with Crippen molar-refractivity contribution < 1.29 is 4.79 Å². The number of fused-ring (bicyclic) bond motifs is 1. The van der Waals surface area contributed by atoms with Crippen LogP contribution in [0.3, 0.4) is 0 Å². The van der Waals surface area contributed by atoms with E-state index in [-0.39, 0.29) is 5.91 Å². The summed E-state index contributed by atoms with van der Waals surface area (Å²) in [6, 6.07) is 9.33. The third kappa shape index (κ3) is 2.71. The predicted octanol–water partition coefficient (Wildman–Crippen LogP) is 2.87. The summed E-state index contributed by atoms with van der Waals surface area (Å²) in [5.74, 6) is -0.144. The number of carbonyl (C=O) groups is 1. The molecule has 0 bridgehead atoms. The number of rotatable bonds is 3. The van der Waals surface area contributed by atoms with Crippen LogP contribution in [0.15, 0.2) is 47.6 Å². The fourth-order valence-electron chi connectivity index (χ4n) is 1.56. The molecule has 1 N–H and O–H groups in total. The van der Waals surface area contributed by atoms with Gasteiger partial charge in [0.15, 0.2) is 0 Å². The molecule has 1 amide bonds. The van der Waals surface area contributed by atoms with Crippen LogP contribution in [0.25, 0.3) is 10.9 Å². The first-order valence-corrected chi connectivity index (χ1v) is 5.93. The lowest BCUT2D eigenvalue weighted by Gasteiger charge is -2.06. The number of benzene rings is 1. The van der Waals surface area contributed by atoms with E-state index < -0.39 is 0 Å². The molecule has 0 aliphatic rings. The van der Waals surface area contributed by atoms with Crippen LogP contribution in [0.4, 0.5) is 0 Å². The Morgan fingerprint density at radius 2 is 2.12 bits per heavy atom. The topological polar surface area (TPSA) is 42.0 Å². The van der Waals surface area contributed by atoms with E-state index in [0.717, 1.165) is 9.87 Å². The van der Waals surface area contributed by atoms with Gasteiger partial charge in [-0.25, -0.2) is 0 Å². The first-order chi connectivity index (χ1) is 8.18. The SMILES string of the molecule is C=C(Br)CNC(=O)c1cccc2cccnc12. The Bertz CT molecular complexity index is 575. The molecule has 0 atom stereocenters. The molecule has 2 rings (SSSR count). The van der Waals surface area contributed by atoms with Crippen molar-refractivity contribution in [3.05, 3.63) is 53.2 Å². The van der Waals surface area contributed by atoms with Gasteiger partial charge in [0.1, 0.15) is 0 Å². The fourth-order valence-corrected chi connectivity index (χ4v) is 1.70. The van der Waals surface area contributed by atoms with E-state index in [9.17, 15) is 4.79 Å². The highest BCUT2D eigenvalue weighted by Gasteiger charge is 2.09. The molecule has 1 heterocycles. The molecule has 86 valence electrons. The van der Waals surface area contributed by atoms with Crippen LogP contribution in [0.1, 0.15) is 10.4 Å². The van der Waals surface area contributed by atoms with Gasteiger partial charge in [-0.05, 0) is 12.1 Å². The highest BCUT2D eigenvalue weighted by atomic mass is 79.9. The zero-order chi connectivity index (χ0) is 12.3. The van der Waals surface area contributed by atoms with Crippen LogP contribution in [0, 0.1) is 0 Å². The number of carbonyl (C=O) groups excluding carboxylic acids is 1. The van der Waals surface area contributed by atoms with E-state index in [1.807, 2.05) is 24.3 Å². The van der Waals surface area contributed by atoms with Gasteiger partial charge >= 0.3 is 0 Å². The summed E-state index contributed by atoms with van der Waals surface area (Å²) in [6.07, 6.45) is 1.68. The number of nitrogens with one attached hydrogen (secondary N) is 1. The zero-order valence-electron chi connectivity index (χ0n) is 9.11. The number of hydrogen-bond acceptors (Lipinski definition) is 2. The molecule has 17 heavy (non-hydrogen) atoms. The smallest absolute Gasteiger partial charge is 0.253 e. The summed E-state index contributed by atoms with van der Waals surface area (Å²) >= 11 is 3.20. The second-order valence-electron chi connectivity index (χ2n) is 3.58. The minimum atomic E-state index is -0.144. The van der Waals surface area contributed by atoms with Crippen molar-refractivity contribution in [1.82, 2.24) is 10.3 Å². The summed E-state index contributed by atoms with van der Waals surface area (Å²) < 4.78 is 0.735. The van der Waals surface area contributed by atoms with E-state index in [4.69, 9.17) is 0 Å². The molecule has 1 aromatic heterocycles. The average molecular weight is 291 g/mol. The molecule has 2 aromatic rings. The van der Waals surface area contributed by atoms with Gasteiger partial charge in [-0.15, -0.1) is 0 Å². The van der Waals surface area contributed by atoms with Crippen molar-refractivity contribution in [2.45, 2.75) is 0 Å². The monoisotopic (exact) mass is 290 g/mol. The minimum Gasteiger partial charge on any atom is -0.347 e. The number of halogens is 1. The molecule has 0 unspecified atom stereocenters. The Labute approximate surface area is 108 Å². The van der Waals surface area contributed by atoms with Gasteiger partial charge in [-0.1, -0.05) is 40.7 Å². The largest absolute Gasteiger partial charge is 0.347 e. The second kappa shape index (κ2) is 5.10. The van der Waals surface area contributed by atoms with E-state index in [0.29, 0.717) is 17.6 Å². The van der Waals surface area contributed by atoms with Gasteiger partial charge in [0, 0.05) is 22.6 Å². The Balaban J connectivity index is 2.35. The molecule has 0 saturated carbocycles. The maximum absolute atomic E-state index is 12.0. The summed E-state index contributed by atoms with van der Waals surface area (Å²) in [5.41, 5.74) is 1.30. The Hall–Kier alpha value is -1.68. The summed E-state index contributed by atoms with van der Waals surface area (Å²) in [6.45, 7) is 4.07. The quantitative estimate of drug-likeness (QED) is 0.944. The third-order valence-electron chi connectivity index (χ3n) is 2.32. The maximum atomic E-state index is 12.0. The van der Waals surface area contributed by atoms with Crippen molar-refractivity contribution in [3.63, 3.8) is 0 Å². The predicted molar refractivity (Wildman–Crippen MR) is 72.1 cm³/mol. The van der Waals surface area contributed by atoms with E-state index in [2.05, 4.69) is 32.8 Å². The van der Waals surface area contributed by atoms with Gasteiger partial charge < -0.3 is 5.32 Å². The average Bonchev–Trinajstić information content (AvgIpc) is 2.35. The summed E-state index contributed by atoms with van der Waals surface area (Å²) in [5, 5.41) is 3.72. The van der Waals surface area contributed by atoms with E-state index in [1.165, 1.54) is 0 Å². The number of hydrogen-bond donors (Lipinski definition) is 1. The highest BCUT2D eigenvalue weighted by molar-refractivity contribution is 9.11.